The Morgan fingerprint density at radius 2 is 2.10 bits per heavy atom. The van der Waals surface area contributed by atoms with Crippen LogP contribution < -0.4 is 11.1 Å². The number of alkyl halides is 3. The lowest BCUT2D eigenvalue weighted by Crippen LogP contribution is -2.07. The Morgan fingerprint density at radius 3 is 2.60 bits per heavy atom. The molecule has 8 heteroatoms. The first-order valence-electron chi connectivity index (χ1n) is 5.66. The van der Waals surface area contributed by atoms with E-state index in [4.69, 9.17) is 5.73 Å². The second-order valence-electron chi connectivity index (χ2n) is 4.22. The lowest BCUT2D eigenvalue weighted by atomic mass is 10.2. The molecule has 0 saturated carbocycles. The summed E-state index contributed by atoms with van der Waals surface area (Å²) >= 11 is 3.12. The lowest BCUT2D eigenvalue weighted by molar-refractivity contribution is -0.137. The number of hydrogen-bond donors (Lipinski definition) is 2. The van der Waals surface area contributed by atoms with Crippen molar-refractivity contribution in [3.05, 3.63) is 40.0 Å². The number of anilines is 2. The van der Waals surface area contributed by atoms with Crippen LogP contribution in [0.25, 0.3) is 0 Å². The minimum absolute atomic E-state index is 0.342. The van der Waals surface area contributed by atoms with E-state index in [2.05, 4.69) is 26.3 Å². The molecule has 1 heterocycles. The fourth-order valence-corrected chi connectivity index (χ4v) is 2.17. The Labute approximate surface area is 121 Å². The average molecular weight is 349 g/mol. The molecule has 0 saturated heterocycles. The van der Waals surface area contributed by atoms with Crippen LogP contribution in [0, 0.1) is 0 Å². The molecule has 2 aromatic rings. The summed E-state index contributed by atoms with van der Waals surface area (Å²) in [5, 5.41) is 7.00. The third-order valence-corrected chi connectivity index (χ3v) is 3.49. The summed E-state index contributed by atoms with van der Waals surface area (Å²) in [6, 6.07) is 3.44. The molecule has 1 aromatic carbocycles. The van der Waals surface area contributed by atoms with Gasteiger partial charge in [0.1, 0.15) is 5.82 Å². The molecule has 0 bridgehead atoms. The molecule has 0 unspecified atom stereocenters. The normalized spacial score (nSPS) is 11.7. The number of halogens is 4. The molecule has 0 fully saturated rings. The molecule has 2 rings (SSSR count). The zero-order valence-electron chi connectivity index (χ0n) is 10.5. The standard InChI is InChI=1S/C12H12BrF3N4/c1-20-11(17)7(6-19-20)5-18-10-3-2-8(4-9(10)13)12(14,15)16/h2-4,6,18H,5,17H2,1H3. The number of nitrogens with zero attached hydrogens (tertiary/aromatic N) is 2. The highest BCUT2D eigenvalue weighted by molar-refractivity contribution is 9.10. The van der Waals surface area contributed by atoms with Crippen molar-refractivity contribution in [1.29, 1.82) is 0 Å². The highest BCUT2D eigenvalue weighted by atomic mass is 79.9. The van der Waals surface area contributed by atoms with Crippen molar-refractivity contribution in [2.24, 2.45) is 7.05 Å². The molecular formula is C12H12BrF3N4. The van der Waals surface area contributed by atoms with Gasteiger partial charge in [-0.15, -0.1) is 0 Å². The molecule has 0 aliphatic rings. The average Bonchev–Trinajstić information content (AvgIpc) is 2.67. The second-order valence-corrected chi connectivity index (χ2v) is 5.08. The van der Waals surface area contributed by atoms with Gasteiger partial charge in [0.2, 0.25) is 0 Å². The Kier molecular flexibility index (Phi) is 3.94. The van der Waals surface area contributed by atoms with Crippen LogP contribution >= 0.6 is 15.9 Å². The molecule has 0 amide bonds. The van der Waals surface area contributed by atoms with Gasteiger partial charge in [0, 0.05) is 29.3 Å². The number of nitrogen functional groups attached to an aromatic ring is 1. The van der Waals surface area contributed by atoms with Crippen molar-refractivity contribution >= 4 is 27.4 Å². The first-order chi connectivity index (χ1) is 9.29. The quantitative estimate of drug-likeness (QED) is 0.893. The van der Waals surface area contributed by atoms with Gasteiger partial charge in [-0.05, 0) is 34.1 Å². The van der Waals surface area contributed by atoms with Crippen molar-refractivity contribution in [1.82, 2.24) is 9.78 Å². The van der Waals surface area contributed by atoms with E-state index in [1.54, 1.807) is 13.2 Å². The fraction of sp³-hybridized carbons (Fsp3) is 0.250. The van der Waals surface area contributed by atoms with Gasteiger partial charge in [-0.1, -0.05) is 0 Å². The van der Waals surface area contributed by atoms with Crippen molar-refractivity contribution in [3.63, 3.8) is 0 Å². The van der Waals surface area contributed by atoms with Crippen LogP contribution in [-0.2, 0) is 19.8 Å². The van der Waals surface area contributed by atoms with Gasteiger partial charge >= 0.3 is 6.18 Å². The van der Waals surface area contributed by atoms with Crippen molar-refractivity contribution in [3.8, 4) is 0 Å². The zero-order valence-corrected chi connectivity index (χ0v) is 12.1. The number of nitrogens with two attached hydrogens (primary N) is 1. The number of hydrogen-bond acceptors (Lipinski definition) is 3. The Bertz CT molecular complexity index is 622. The van der Waals surface area contributed by atoms with Crippen molar-refractivity contribution < 1.29 is 13.2 Å². The first-order valence-corrected chi connectivity index (χ1v) is 6.45. The van der Waals surface area contributed by atoms with E-state index in [1.807, 2.05) is 0 Å². The van der Waals surface area contributed by atoms with E-state index in [0.29, 0.717) is 22.5 Å². The monoisotopic (exact) mass is 348 g/mol. The highest BCUT2D eigenvalue weighted by Crippen LogP contribution is 2.34. The second kappa shape index (κ2) is 5.35. The topological polar surface area (TPSA) is 55.9 Å². The Balaban J connectivity index is 2.13. The Morgan fingerprint density at radius 1 is 1.40 bits per heavy atom. The summed E-state index contributed by atoms with van der Waals surface area (Å²) in [4.78, 5) is 0. The first kappa shape index (κ1) is 14.7. The van der Waals surface area contributed by atoms with Crippen LogP contribution in [0.1, 0.15) is 11.1 Å². The summed E-state index contributed by atoms with van der Waals surface area (Å²) in [6.45, 7) is 0.379. The number of nitrogens with one attached hydrogen (secondary N) is 1. The van der Waals surface area contributed by atoms with Gasteiger partial charge in [-0.3, -0.25) is 4.68 Å². The maximum atomic E-state index is 12.5. The Hall–Kier alpha value is -1.70. The van der Waals surface area contributed by atoms with Crippen LogP contribution in [0.2, 0.25) is 0 Å². The molecule has 0 spiro atoms. The molecular weight excluding hydrogens is 337 g/mol. The molecule has 3 N–H and O–H groups in total. The van der Waals surface area contributed by atoms with Gasteiger partial charge in [0.25, 0.3) is 0 Å². The van der Waals surface area contributed by atoms with Crippen LogP contribution in [-0.4, -0.2) is 9.78 Å². The van der Waals surface area contributed by atoms with E-state index in [-0.39, 0.29) is 0 Å². The van der Waals surface area contributed by atoms with Gasteiger partial charge in [-0.25, -0.2) is 0 Å². The van der Waals surface area contributed by atoms with Crippen LogP contribution in [0.5, 0.6) is 0 Å². The largest absolute Gasteiger partial charge is 0.416 e. The maximum absolute atomic E-state index is 12.5. The predicted octanol–water partition coefficient (Wildman–Crippen LogP) is 3.40. The number of benzene rings is 1. The van der Waals surface area contributed by atoms with Crippen LogP contribution in [0.3, 0.4) is 0 Å². The van der Waals surface area contributed by atoms with Crippen molar-refractivity contribution in [2.75, 3.05) is 11.1 Å². The number of aryl methyl sites for hydroxylation is 1. The SMILES string of the molecule is Cn1ncc(CNc2ccc(C(F)(F)F)cc2Br)c1N. The van der Waals surface area contributed by atoms with E-state index >= 15 is 0 Å². The minimum atomic E-state index is -4.35. The van der Waals surface area contributed by atoms with Gasteiger partial charge in [-0.2, -0.15) is 18.3 Å². The summed E-state index contributed by atoms with van der Waals surface area (Å²) in [7, 11) is 1.72. The van der Waals surface area contributed by atoms with E-state index < -0.39 is 11.7 Å². The molecule has 108 valence electrons. The zero-order chi connectivity index (χ0) is 14.9. The molecule has 0 aliphatic heterocycles. The fourth-order valence-electron chi connectivity index (χ4n) is 1.65. The summed E-state index contributed by atoms with van der Waals surface area (Å²) < 4.78 is 39.5. The molecule has 0 radical (unpaired) electrons. The van der Waals surface area contributed by atoms with Crippen LogP contribution in [0.15, 0.2) is 28.9 Å². The number of aromatic nitrogens is 2. The molecule has 0 atom stereocenters. The summed E-state index contributed by atoms with van der Waals surface area (Å²) in [5.74, 6) is 0.514. The molecule has 20 heavy (non-hydrogen) atoms. The predicted molar refractivity (Wildman–Crippen MR) is 74.1 cm³/mol. The van der Waals surface area contributed by atoms with Gasteiger partial charge in [0.15, 0.2) is 0 Å². The van der Waals surface area contributed by atoms with E-state index in [9.17, 15) is 13.2 Å². The maximum Gasteiger partial charge on any atom is 0.416 e. The van der Waals surface area contributed by atoms with Crippen molar-refractivity contribution in [2.45, 2.75) is 12.7 Å². The summed E-state index contributed by atoms with van der Waals surface area (Å²) in [5.41, 5.74) is 6.42. The van der Waals surface area contributed by atoms with Crippen LogP contribution in [0.4, 0.5) is 24.7 Å². The van der Waals surface area contributed by atoms with E-state index in [1.165, 1.54) is 10.7 Å². The highest BCUT2D eigenvalue weighted by Gasteiger charge is 2.30. The van der Waals surface area contributed by atoms with E-state index in [0.717, 1.165) is 17.7 Å². The lowest BCUT2D eigenvalue weighted by Gasteiger charge is -2.11. The summed E-state index contributed by atoms with van der Waals surface area (Å²) in [6.07, 6.45) is -2.74. The van der Waals surface area contributed by atoms with Gasteiger partial charge in [0.05, 0.1) is 11.8 Å². The third-order valence-electron chi connectivity index (χ3n) is 2.83. The molecule has 1 aromatic heterocycles. The minimum Gasteiger partial charge on any atom is -0.384 e. The smallest absolute Gasteiger partial charge is 0.384 e. The molecule has 0 aliphatic carbocycles. The van der Waals surface area contributed by atoms with Gasteiger partial charge < -0.3 is 11.1 Å². The number of rotatable bonds is 3. The third kappa shape index (κ3) is 3.06. The molecule has 4 nitrogen and oxygen atoms in total.